The molecule has 0 aromatic rings. The predicted octanol–water partition coefficient (Wildman–Crippen LogP) is -0.216. The van der Waals surface area contributed by atoms with Gasteiger partial charge in [-0.15, -0.1) is 0 Å². The first-order chi connectivity index (χ1) is 8.14. The Morgan fingerprint density at radius 2 is 2.13 bits per heavy atom. The molecular formula is C8H13NO5S. The summed E-state index contributed by atoms with van der Waals surface area (Å²) in [6.07, 6.45) is -0.135. The van der Waals surface area contributed by atoms with Crippen molar-refractivity contribution in [3.05, 3.63) is 0 Å². The number of carboxylic acids is 2. The summed E-state index contributed by atoms with van der Waals surface area (Å²) in [6.45, 7) is -2.90. The summed E-state index contributed by atoms with van der Waals surface area (Å²) >= 11 is 1.01. The lowest BCUT2D eigenvalue weighted by atomic mass is 10.3. The van der Waals surface area contributed by atoms with Gasteiger partial charge in [-0.2, -0.15) is 11.8 Å². The molecule has 0 aliphatic heterocycles. The Balaban J connectivity index is 4.21. The molecule has 0 aromatic heterocycles. The number of carbonyl (C=O) groups is 3. The number of carbonyl (C=O) groups excluding carboxylic acids is 1. The number of hydrogen-bond donors (Lipinski definition) is 3. The third kappa shape index (κ3) is 7.80. The first-order valence-corrected chi connectivity index (χ1v) is 5.13. The summed E-state index contributed by atoms with van der Waals surface area (Å²) in [6, 6.07) is -1.35. The van der Waals surface area contributed by atoms with Crippen LogP contribution in [-0.2, 0) is 14.4 Å². The average Bonchev–Trinajstić information content (AvgIpc) is 2.19. The van der Waals surface area contributed by atoms with Crippen LogP contribution in [0, 0.1) is 0 Å². The molecule has 7 heteroatoms. The van der Waals surface area contributed by atoms with Gasteiger partial charge >= 0.3 is 11.9 Å². The molecule has 0 aliphatic rings. The lowest BCUT2D eigenvalue weighted by Crippen LogP contribution is -2.41. The number of rotatable bonds is 7. The summed E-state index contributed by atoms with van der Waals surface area (Å²) in [7, 11) is 0. The molecule has 0 heterocycles. The minimum atomic E-state index is -2.90. The highest BCUT2D eigenvalue weighted by Crippen LogP contribution is 2.05. The van der Waals surface area contributed by atoms with Crippen LogP contribution in [0.25, 0.3) is 0 Å². The average molecular weight is 238 g/mol. The molecule has 86 valence electrons. The molecule has 1 atom stereocenters. The van der Waals surface area contributed by atoms with Crippen LogP contribution in [0.2, 0.25) is 0 Å². The van der Waals surface area contributed by atoms with Crippen LogP contribution in [0.1, 0.15) is 17.4 Å². The van der Waals surface area contributed by atoms with Gasteiger partial charge in [0.15, 0.2) is 0 Å². The Morgan fingerprint density at radius 3 is 2.60 bits per heavy atom. The van der Waals surface area contributed by atoms with Crippen molar-refractivity contribution in [3.63, 3.8) is 0 Å². The van der Waals surface area contributed by atoms with Crippen molar-refractivity contribution in [1.82, 2.24) is 5.32 Å². The number of thioether (sulfide) groups is 1. The van der Waals surface area contributed by atoms with Crippen LogP contribution in [0.5, 0.6) is 0 Å². The summed E-state index contributed by atoms with van der Waals surface area (Å²) in [4.78, 5) is 32.1. The fraction of sp³-hybridized carbons (Fsp3) is 0.625. The summed E-state index contributed by atoms with van der Waals surface area (Å²) in [5, 5.41) is 19.0. The Hall–Kier alpha value is -1.24. The Bertz CT molecular complexity index is 333. The molecule has 0 fully saturated rings. The molecule has 0 aromatic carbocycles. The van der Waals surface area contributed by atoms with Crippen molar-refractivity contribution in [2.45, 2.75) is 19.3 Å². The van der Waals surface area contributed by atoms with Crippen LogP contribution in [-0.4, -0.2) is 45.6 Å². The molecule has 15 heavy (non-hydrogen) atoms. The molecule has 0 aliphatic carbocycles. The Kier molecular flexibility index (Phi) is 4.27. The van der Waals surface area contributed by atoms with E-state index in [1.54, 1.807) is 0 Å². The van der Waals surface area contributed by atoms with Crippen molar-refractivity contribution in [2.75, 3.05) is 11.5 Å². The number of nitrogens with one attached hydrogen (secondary N) is 1. The molecule has 1 amide bonds. The van der Waals surface area contributed by atoms with E-state index >= 15 is 0 Å². The van der Waals surface area contributed by atoms with Crippen molar-refractivity contribution in [3.8, 4) is 0 Å². The number of amides is 1. The SMILES string of the molecule is [2H]C([2H])([2H])C(=O)N[C@@H](CSCCC(=O)O)C(=O)O. The van der Waals surface area contributed by atoms with Crippen molar-refractivity contribution in [1.29, 1.82) is 0 Å². The molecule has 0 bridgehead atoms. The van der Waals surface area contributed by atoms with Gasteiger partial charge in [0, 0.05) is 22.5 Å². The van der Waals surface area contributed by atoms with Gasteiger partial charge in [-0.1, -0.05) is 0 Å². The van der Waals surface area contributed by atoms with E-state index in [1.807, 2.05) is 5.32 Å². The van der Waals surface area contributed by atoms with E-state index in [2.05, 4.69) is 0 Å². The normalized spacial score (nSPS) is 15.6. The Morgan fingerprint density at radius 1 is 1.47 bits per heavy atom. The van der Waals surface area contributed by atoms with E-state index in [4.69, 9.17) is 14.3 Å². The second-order valence-electron chi connectivity index (χ2n) is 2.58. The highest BCUT2D eigenvalue weighted by atomic mass is 32.2. The fourth-order valence-electron chi connectivity index (χ4n) is 0.694. The lowest BCUT2D eigenvalue weighted by molar-refractivity contribution is -0.140. The van der Waals surface area contributed by atoms with Crippen LogP contribution in [0.15, 0.2) is 0 Å². The topological polar surface area (TPSA) is 104 Å². The molecule has 0 saturated heterocycles. The van der Waals surface area contributed by atoms with Gasteiger partial charge < -0.3 is 15.5 Å². The highest BCUT2D eigenvalue weighted by Gasteiger charge is 2.17. The minimum absolute atomic E-state index is 0.0928. The molecule has 0 rings (SSSR count). The van der Waals surface area contributed by atoms with E-state index < -0.39 is 30.7 Å². The standard InChI is InChI=1S/C8H13NO5S/c1-5(10)9-6(8(13)14)4-15-3-2-7(11)12/h6H,2-4H2,1H3,(H,9,10)(H,11,12)(H,13,14)/t6-/m0/s1/i1D3. The first kappa shape index (κ1) is 9.02. The summed E-state index contributed by atoms with van der Waals surface area (Å²) in [5.74, 6) is -3.63. The van der Waals surface area contributed by atoms with Gasteiger partial charge in [0.2, 0.25) is 5.91 Å². The highest BCUT2D eigenvalue weighted by molar-refractivity contribution is 7.99. The van der Waals surface area contributed by atoms with Crippen LogP contribution in [0.3, 0.4) is 0 Å². The maximum Gasteiger partial charge on any atom is 0.327 e. The molecule has 0 unspecified atom stereocenters. The number of carboxylic acid groups (broad SMARTS) is 2. The smallest absolute Gasteiger partial charge is 0.327 e. The van der Waals surface area contributed by atoms with Crippen LogP contribution >= 0.6 is 11.8 Å². The molecule has 0 radical (unpaired) electrons. The van der Waals surface area contributed by atoms with E-state index in [0.29, 0.717) is 0 Å². The molecular weight excluding hydrogens is 222 g/mol. The zero-order valence-corrected chi connectivity index (χ0v) is 8.54. The van der Waals surface area contributed by atoms with Crippen molar-refractivity contribution in [2.24, 2.45) is 0 Å². The zero-order valence-electron chi connectivity index (χ0n) is 10.7. The predicted molar refractivity (Wildman–Crippen MR) is 54.8 cm³/mol. The fourth-order valence-corrected chi connectivity index (χ4v) is 1.64. The third-order valence-corrected chi connectivity index (χ3v) is 2.41. The van der Waals surface area contributed by atoms with Crippen molar-refractivity contribution >= 4 is 29.6 Å². The van der Waals surface area contributed by atoms with Gasteiger partial charge in [-0.25, -0.2) is 4.79 Å². The van der Waals surface area contributed by atoms with Crippen LogP contribution in [0.4, 0.5) is 0 Å². The lowest BCUT2D eigenvalue weighted by Gasteiger charge is -2.11. The van der Waals surface area contributed by atoms with Gasteiger partial charge in [0.1, 0.15) is 6.04 Å². The largest absolute Gasteiger partial charge is 0.481 e. The molecule has 0 spiro atoms. The zero-order chi connectivity index (χ0) is 14.3. The van der Waals surface area contributed by atoms with E-state index in [9.17, 15) is 14.4 Å². The first-order valence-electron chi connectivity index (χ1n) is 5.48. The van der Waals surface area contributed by atoms with Gasteiger partial charge in [-0.05, 0) is 0 Å². The van der Waals surface area contributed by atoms with Crippen LogP contribution < -0.4 is 5.32 Å². The second kappa shape index (κ2) is 7.10. The monoisotopic (exact) mass is 238 g/mol. The van der Waals surface area contributed by atoms with Gasteiger partial charge in [-0.3, -0.25) is 9.59 Å². The number of hydrogen-bond acceptors (Lipinski definition) is 4. The number of aliphatic carboxylic acids is 2. The van der Waals surface area contributed by atoms with Gasteiger partial charge in [0.25, 0.3) is 0 Å². The van der Waals surface area contributed by atoms with E-state index in [-0.39, 0.29) is 17.9 Å². The summed E-state index contributed by atoms with van der Waals surface area (Å²) in [5.41, 5.74) is 0. The molecule has 0 saturated carbocycles. The third-order valence-electron chi connectivity index (χ3n) is 1.35. The van der Waals surface area contributed by atoms with E-state index in [1.165, 1.54) is 0 Å². The van der Waals surface area contributed by atoms with Crippen molar-refractivity contribution < 1.29 is 28.7 Å². The quantitative estimate of drug-likeness (QED) is 0.530. The maximum absolute atomic E-state index is 11.1. The molecule has 3 N–H and O–H groups in total. The Labute approximate surface area is 95.3 Å². The van der Waals surface area contributed by atoms with E-state index in [0.717, 1.165) is 11.8 Å². The minimum Gasteiger partial charge on any atom is -0.481 e. The molecule has 6 nitrogen and oxygen atoms in total. The summed E-state index contributed by atoms with van der Waals surface area (Å²) < 4.78 is 20.4. The van der Waals surface area contributed by atoms with Gasteiger partial charge in [0.05, 0.1) is 6.42 Å². The maximum atomic E-state index is 11.1. The second-order valence-corrected chi connectivity index (χ2v) is 3.73.